The zero-order chi connectivity index (χ0) is 9.78. The Morgan fingerprint density at radius 2 is 2.00 bits per heavy atom. The average molecular weight is 173 g/mol. The van der Waals surface area contributed by atoms with Gasteiger partial charge in [-0.1, -0.05) is 0 Å². The van der Waals surface area contributed by atoms with Gasteiger partial charge in [-0.05, 0) is 34.6 Å². The molecule has 0 aliphatic carbocycles. The summed E-state index contributed by atoms with van der Waals surface area (Å²) < 4.78 is 4.85. The van der Waals surface area contributed by atoms with Crippen LogP contribution >= 0.6 is 0 Å². The smallest absolute Gasteiger partial charge is 0.322 e. The lowest BCUT2D eigenvalue weighted by Gasteiger charge is -2.24. The van der Waals surface area contributed by atoms with E-state index in [1.807, 2.05) is 34.6 Å². The Bertz CT molecular complexity index is 149. The molecule has 0 bridgehead atoms. The lowest BCUT2D eigenvalue weighted by molar-refractivity contribution is -0.145. The lowest BCUT2D eigenvalue weighted by Crippen LogP contribution is -2.46. The van der Waals surface area contributed by atoms with Gasteiger partial charge in [0.25, 0.3) is 0 Å². The van der Waals surface area contributed by atoms with Gasteiger partial charge in [-0.25, -0.2) is 0 Å². The number of ether oxygens (including phenoxy) is 1. The summed E-state index contributed by atoms with van der Waals surface area (Å²) in [6, 6.07) is -0.232. The number of carbonyl (C=O) groups is 1. The molecule has 0 rings (SSSR count). The molecule has 0 aliphatic heterocycles. The van der Waals surface area contributed by atoms with Crippen LogP contribution in [0.3, 0.4) is 0 Å². The molecule has 1 N–H and O–H groups in total. The van der Waals surface area contributed by atoms with Crippen molar-refractivity contribution in [1.29, 1.82) is 0 Å². The first-order valence-corrected chi connectivity index (χ1v) is 4.31. The molecule has 0 saturated heterocycles. The highest BCUT2D eigenvalue weighted by Gasteiger charge is 2.19. The van der Waals surface area contributed by atoms with Gasteiger partial charge in [0.05, 0.1) is 6.61 Å². The number of esters is 1. The van der Waals surface area contributed by atoms with Gasteiger partial charge in [-0.2, -0.15) is 0 Å². The molecule has 72 valence electrons. The Hall–Kier alpha value is -0.570. The van der Waals surface area contributed by atoms with E-state index in [1.54, 1.807) is 0 Å². The van der Waals surface area contributed by atoms with Crippen LogP contribution in [0.2, 0.25) is 0 Å². The van der Waals surface area contributed by atoms with Gasteiger partial charge in [-0.15, -0.1) is 0 Å². The summed E-state index contributed by atoms with van der Waals surface area (Å²) in [5, 5.41) is 3.13. The molecule has 3 nitrogen and oxygen atoms in total. The van der Waals surface area contributed by atoms with Crippen molar-refractivity contribution < 1.29 is 9.53 Å². The van der Waals surface area contributed by atoms with Crippen LogP contribution in [-0.2, 0) is 9.53 Å². The maximum atomic E-state index is 11.1. The summed E-state index contributed by atoms with van der Waals surface area (Å²) in [5.74, 6) is -0.188. The van der Waals surface area contributed by atoms with Crippen molar-refractivity contribution in [2.24, 2.45) is 0 Å². The summed E-state index contributed by atoms with van der Waals surface area (Å²) in [5.41, 5.74) is -0.0494. The maximum absolute atomic E-state index is 11.1. The Balaban J connectivity index is 3.87. The van der Waals surface area contributed by atoms with Crippen LogP contribution in [0.5, 0.6) is 0 Å². The van der Waals surface area contributed by atoms with Crippen molar-refractivity contribution in [1.82, 2.24) is 5.32 Å². The minimum atomic E-state index is -0.232. The molecule has 0 amide bonds. The quantitative estimate of drug-likeness (QED) is 0.654. The molecule has 0 aromatic carbocycles. The van der Waals surface area contributed by atoms with E-state index in [9.17, 15) is 4.79 Å². The zero-order valence-electron chi connectivity index (χ0n) is 8.60. The molecule has 1 atom stereocenters. The second-order valence-corrected chi connectivity index (χ2v) is 3.87. The summed E-state index contributed by atoms with van der Waals surface area (Å²) in [4.78, 5) is 11.1. The monoisotopic (exact) mass is 173 g/mol. The first kappa shape index (κ1) is 11.4. The van der Waals surface area contributed by atoms with Crippen molar-refractivity contribution in [2.45, 2.75) is 46.2 Å². The SMILES string of the molecule is CCOC(=O)[C@H](C)NC(C)(C)C. The minimum Gasteiger partial charge on any atom is -0.465 e. The normalized spacial score (nSPS) is 14.1. The first-order chi connectivity index (χ1) is 5.37. The molecule has 0 aromatic rings. The third-order valence-electron chi connectivity index (χ3n) is 1.29. The molecule has 0 unspecified atom stereocenters. The molecule has 0 saturated carbocycles. The molecular weight excluding hydrogens is 154 g/mol. The van der Waals surface area contributed by atoms with E-state index < -0.39 is 0 Å². The van der Waals surface area contributed by atoms with E-state index in [2.05, 4.69) is 5.32 Å². The third-order valence-corrected chi connectivity index (χ3v) is 1.29. The topological polar surface area (TPSA) is 38.3 Å². The van der Waals surface area contributed by atoms with Crippen LogP contribution < -0.4 is 5.32 Å². The second-order valence-electron chi connectivity index (χ2n) is 3.87. The number of carbonyl (C=O) groups excluding carboxylic acids is 1. The first-order valence-electron chi connectivity index (χ1n) is 4.31. The highest BCUT2D eigenvalue weighted by molar-refractivity contribution is 5.75. The van der Waals surface area contributed by atoms with E-state index in [4.69, 9.17) is 4.74 Å². The highest BCUT2D eigenvalue weighted by Crippen LogP contribution is 2.01. The van der Waals surface area contributed by atoms with Gasteiger partial charge >= 0.3 is 5.97 Å². The fourth-order valence-corrected chi connectivity index (χ4v) is 0.976. The Labute approximate surface area is 74.5 Å². The van der Waals surface area contributed by atoms with Crippen molar-refractivity contribution in [3.63, 3.8) is 0 Å². The van der Waals surface area contributed by atoms with Gasteiger partial charge in [0, 0.05) is 5.54 Å². The minimum absolute atomic E-state index is 0.0494. The van der Waals surface area contributed by atoms with E-state index in [0.717, 1.165) is 0 Å². The molecule has 0 aromatic heterocycles. The summed E-state index contributed by atoms with van der Waals surface area (Å²) in [6.07, 6.45) is 0. The van der Waals surface area contributed by atoms with Gasteiger partial charge in [0.15, 0.2) is 0 Å². The van der Waals surface area contributed by atoms with E-state index >= 15 is 0 Å². The molecule has 3 heteroatoms. The molecule has 0 spiro atoms. The zero-order valence-corrected chi connectivity index (χ0v) is 8.60. The van der Waals surface area contributed by atoms with E-state index in [-0.39, 0.29) is 17.6 Å². The molecule has 0 heterocycles. The van der Waals surface area contributed by atoms with Crippen LogP contribution in [0, 0.1) is 0 Å². The number of hydrogen-bond donors (Lipinski definition) is 1. The fraction of sp³-hybridized carbons (Fsp3) is 0.889. The predicted octanol–water partition coefficient (Wildman–Crippen LogP) is 1.33. The largest absolute Gasteiger partial charge is 0.465 e. The van der Waals surface area contributed by atoms with Crippen LogP contribution in [0.25, 0.3) is 0 Å². The average Bonchev–Trinajstić information content (AvgIpc) is 1.84. The maximum Gasteiger partial charge on any atom is 0.322 e. The molecule has 0 fully saturated rings. The van der Waals surface area contributed by atoms with E-state index in [0.29, 0.717) is 6.61 Å². The van der Waals surface area contributed by atoms with Crippen molar-refractivity contribution in [3.05, 3.63) is 0 Å². The third kappa shape index (κ3) is 5.13. The van der Waals surface area contributed by atoms with E-state index in [1.165, 1.54) is 0 Å². The van der Waals surface area contributed by atoms with Crippen LogP contribution in [-0.4, -0.2) is 24.2 Å². The number of hydrogen-bond acceptors (Lipinski definition) is 3. The lowest BCUT2D eigenvalue weighted by atomic mass is 10.1. The van der Waals surface area contributed by atoms with Gasteiger partial charge in [-0.3, -0.25) is 10.1 Å². The predicted molar refractivity (Wildman–Crippen MR) is 49.0 cm³/mol. The number of rotatable bonds is 3. The van der Waals surface area contributed by atoms with Gasteiger partial charge < -0.3 is 4.74 Å². The molecule has 0 radical (unpaired) electrons. The van der Waals surface area contributed by atoms with Crippen LogP contribution in [0.4, 0.5) is 0 Å². The standard InChI is InChI=1S/C9H19NO2/c1-6-12-8(11)7(2)10-9(3,4)5/h7,10H,6H2,1-5H3/t7-/m0/s1. The fourth-order valence-electron chi connectivity index (χ4n) is 0.976. The van der Waals surface area contributed by atoms with Gasteiger partial charge in [0.2, 0.25) is 0 Å². The van der Waals surface area contributed by atoms with Crippen LogP contribution in [0.1, 0.15) is 34.6 Å². The van der Waals surface area contributed by atoms with Gasteiger partial charge in [0.1, 0.15) is 6.04 Å². The summed E-state index contributed by atoms with van der Waals surface area (Å²) in [6.45, 7) is 10.1. The van der Waals surface area contributed by atoms with Crippen molar-refractivity contribution >= 4 is 5.97 Å². The molecular formula is C9H19NO2. The number of nitrogens with one attached hydrogen (secondary N) is 1. The van der Waals surface area contributed by atoms with Crippen molar-refractivity contribution in [3.8, 4) is 0 Å². The molecule has 12 heavy (non-hydrogen) atoms. The Morgan fingerprint density at radius 1 is 1.50 bits per heavy atom. The Kier molecular flexibility index (Phi) is 4.24. The second kappa shape index (κ2) is 4.45. The summed E-state index contributed by atoms with van der Waals surface area (Å²) >= 11 is 0. The highest BCUT2D eigenvalue weighted by atomic mass is 16.5. The summed E-state index contributed by atoms with van der Waals surface area (Å²) in [7, 11) is 0. The van der Waals surface area contributed by atoms with Crippen molar-refractivity contribution in [2.75, 3.05) is 6.61 Å². The van der Waals surface area contributed by atoms with Crippen LogP contribution in [0.15, 0.2) is 0 Å². The Morgan fingerprint density at radius 3 is 2.33 bits per heavy atom. The molecule has 0 aliphatic rings.